The average Bonchev–Trinajstić information content (AvgIpc) is 3.03. The molecular weight excluding hydrogens is 263 g/mol. The maximum Gasteiger partial charge on any atom is 0.126 e. The SMILES string of the molecule is COc1ccccc1[P@]([C]1[CH][CH][CH][CH]1)c1ccccc1. The molecule has 0 bridgehead atoms. The molecule has 1 nitrogen and oxygen atoms in total. The van der Waals surface area contributed by atoms with Crippen LogP contribution in [0.1, 0.15) is 0 Å². The number of benzene rings is 2. The van der Waals surface area contributed by atoms with E-state index >= 15 is 0 Å². The van der Waals surface area contributed by atoms with Crippen LogP contribution < -0.4 is 15.3 Å². The second-order valence-electron chi connectivity index (χ2n) is 4.49. The lowest BCUT2D eigenvalue weighted by atomic mass is 10.3. The molecule has 1 aliphatic carbocycles. The Hall–Kier alpha value is -1.33. The number of methoxy groups -OCH3 is 1. The molecule has 0 saturated heterocycles. The molecule has 0 spiro atoms. The molecule has 3 rings (SSSR count). The summed E-state index contributed by atoms with van der Waals surface area (Å²) >= 11 is 0. The van der Waals surface area contributed by atoms with Crippen molar-refractivity contribution in [1.82, 2.24) is 0 Å². The van der Waals surface area contributed by atoms with Crippen molar-refractivity contribution in [2.75, 3.05) is 7.11 Å². The Morgan fingerprint density at radius 3 is 2.15 bits per heavy atom. The zero-order chi connectivity index (χ0) is 13.8. The number of hydrogen-bond acceptors (Lipinski definition) is 1. The molecule has 1 fully saturated rings. The summed E-state index contributed by atoms with van der Waals surface area (Å²) in [6, 6.07) is 19.0. The van der Waals surface area contributed by atoms with Crippen LogP contribution in [0.4, 0.5) is 0 Å². The van der Waals surface area contributed by atoms with Crippen molar-refractivity contribution in [2.24, 2.45) is 0 Å². The highest BCUT2D eigenvalue weighted by atomic mass is 31.1. The number of hydrogen-bond donors (Lipinski definition) is 0. The van der Waals surface area contributed by atoms with Crippen LogP contribution >= 0.6 is 7.92 Å². The topological polar surface area (TPSA) is 9.23 Å². The van der Waals surface area contributed by atoms with E-state index in [9.17, 15) is 0 Å². The zero-order valence-electron chi connectivity index (χ0n) is 11.4. The van der Waals surface area contributed by atoms with E-state index in [0.29, 0.717) is 0 Å². The molecule has 0 aliphatic heterocycles. The van der Waals surface area contributed by atoms with Gasteiger partial charge in [0.1, 0.15) is 5.75 Å². The number of rotatable bonds is 4. The van der Waals surface area contributed by atoms with Gasteiger partial charge in [0.25, 0.3) is 0 Å². The summed E-state index contributed by atoms with van der Waals surface area (Å²) in [5.74, 6) is 0.962. The molecule has 0 unspecified atom stereocenters. The van der Waals surface area contributed by atoms with E-state index in [1.54, 1.807) is 7.11 Å². The van der Waals surface area contributed by atoms with Gasteiger partial charge in [-0.1, -0.05) is 48.5 Å². The first-order chi connectivity index (χ1) is 9.90. The highest BCUT2D eigenvalue weighted by molar-refractivity contribution is 7.76. The zero-order valence-corrected chi connectivity index (χ0v) is 12.3. The molecule has 1 saturated carbocycles. The predicted molar refractivity (Wildman–Crippen MR) is 86.1 cm³/mol. The van der Waals surface area contributed by atoms with Crippen LogP contribution in [-0.4, -0.2) is 7.11 Å². The first-order valence-electron chi connectivity index (χ1n) is 6.60. The minimum Gasteiger partial charge on any atom is -0.496 e. The van der Waals surface area contributed by atoms with Crippen molar-refractivity contribution in [3.05, 3.63) is 85.9 Å². The van der Waals surface area contributed by atoms with E-state index in [2.05, 4.69) is 68.1 Å². The van der Waals surface area contributed by atoms with Gasteiger partial charge in [0.15, 0.2) is 0 Å². The first kappa shape index (κ1) is 13.6. The van der Waals surface area contributed by atoms with Gasteiger partial charge in [0.2, 0.25) is 0 Å². The minimum absolute atomic E-state index is 0.561. The van der Waals surface area contributed by atoms with Crippen LogP contribution in [0.5, 0.6) is 5.75 Å². The molecule has 1 atom stereocenters. The van der Waals surface area contributed by atoms with Gasteiger partial charge in [-0.3, -0.25) is 0 Å². The molecule has 1 aliphatic rings. The normalized spacial score (nSPS) is 17.1. The third-order valence-electron chi connectivity index (χ3n) is 3.24. The van der Waals surface area contributed by atoms with E-state index in [1.807, 2.05) is 12.1 Å². The summed E-state index contributed by atoms with van der Waals surface area (Å²) < 4.78 is 5.56. The molecule has 2 aromatic carbocycles. The average molecular weight is 279 g/mol. The van der Waals surface area contributed by atoms with Crippen molar-refractivity contribution in [3.8, 4) is 5.75 Å². The fourth-order valence-electron chi connectivity index (χ4n) is 2.33. The Balaban J connectivity index is 2.05. The lowest BCUT2D eigenvalue weighted by Gasteiger charge is -2.25. The van der Waals surface area contributed by atoms with Crippen molar-refractivity contribution in [2.45, 2.75) is 0 Å². The third kappa shape index (κ3) is 2.74. The van der Waals surface area contributed by atoms with Crippen molar-refractivity contribution in [1.29, 1.82) is 0 Å². The summed E-state index contributed by atoms with van der Waals surface area (Å²) in [5, 5.41) is 2.61. The molecule has 0 amide bonds. The smallest absolute Gasteiger partial charge is 0.126 e. The van der Waals surface area contributed by atoms with Gasteiger partial charge >= 0.3 is 0 Å². The van der Waals surface area contributed by atoms with Crippen LogP contribution in [0.3, 0.4) is 0 Å². The lowest BCUT2D eigenvalue weighted by molar-refractivity contribution is 0.418. The first-order valence-corrected chi connectivity index (χ1v) is 7.94. The highest BCUT2D eigenvalue weighted by Crippen LogP contribution is 2.52. The quantitative estimate of drug-likeness (QED) is 0.778. The van der Waals surface area contributed by atoms with Gasteiger partial charge in [0, 0.05) is 11.0 Å². The standard InChI is InChI=1S/C18H16OP/c1-19-17-13-7-8-14-18(17)20(16-11-5-6-12-16)15-9-3-2-4-10-15/h2-14H,1H3/t20-/m0/s1. The predicted octanol–water partition coefficient (Wildman–Crippen LogP) is 3.49. The second kappa shape index (κ2) is 6.41. The van der Waals surface area contributed by atoms with Gasteiger partial charge in [-0.15, -0.1) is 0 Å². The van der Waals surface area contributed by atoms with E-state index < -0.39 is 7.92 Å². The monoisotopic (exact) mass is 279 g/mol. The highest BCUT2D eigenvalue weighted by Gasteiger charge is 2.30. The summed E-state index contributed by atoms with van der Waals surface area (Å²) in [6.07, 6.45) is 8.60. The third-order valence-corrected chi connectivity index (χ3v) is 5.72. The van der Waals surface area contributed by atoms with Crippen LogP contribution in [0.15, 0.2) is 54.6 Å². The molecule has 0 N–H and O–H groups in total. The summed E-state index contributed by atoms with van der Waals surface area (Å²) in [6.45, 7) is 0. The molecule has 20 heavy (non-hydrogen) atoms. The Labute approximate surface area is 122 Å². The van der Waals surface area contributed by atoms with Crippen LogP contribution in [0, 0.1) is 31.3 Å². The largest absolute Gasteiger partial charge is 0.496 e. The van der Waals surface area contributed by atoms with Crippen LogP contribution in [0.25, 0.3) is 0 Å². The van der Waals surface area contributed by atoms with Crippen LogP contribution in [-0.2, 0) is 0 Å². The Bertz CT molecular complexity index is 546. The van der Waals surface area contributed by atoms with Gasteiger partial charge < -0.3 is 4.74 Å². The number of ether oxygens (including phenoxy) is 1. The fraction of sp³-hybridized carbons (Fsp3) is 0.0556. The maximum atomic E-state index is 5.56. The second-order valence-corrected chi connectivity index (χ2v) is 6.67. The molecule has 2 aromatic rings. The molecule has 2 heteroatoms. The van der Waals surface area contributed by atoms with Gasteiger partial charge in [-0.25, -0.2) is 0 Å². The summed E-state index contributed by atoms with van der Waals surface area (Å²) in [4.78, 5) is 0. The minimum atomic E-state index is -0.561. The van der Waals surface area contributed by atoms with Crippen molar-refractivity contribution in [3.63, 3.8) is 0 Å². The van der Waals surface area contributed by atoms with E-state index in [1.165, 1.54) is 16.3 Å². The van der Waals surface area contributed by atoms with E-state index in [4.69, 9.17) is 4.74 Å². The molecule has 0 aromatic heterocycles. The molecular formula is C18H16OP. The van der Waals surface area contributed by atoms with Gasteiger partial charge in [0.05, 0.1) is 7.11 Å². The van der Waals surface area contributed by atoms with Gasteiger partial charge in [-0.05, 0) is 45.0 Å². The van der Waals surface area contributed by atoms with E-state index in [0.717, 1.165) is 5.75 Å². The van der Waals surface area contributed by atoms with Crippen molar-refractivity contribution >= 4 is 18.5 Å². The molecule has 0 heterocycles. The van der Waals surface area contributed by atoms with Crippen molar-refractivity contribution < 1.29 is 4.74 Å². The molecule has 99 valence electrons. The Morgan fingerprint density at radius 2 is 1.45 bits per heavy atom. The Kier molecular flexibility index (Phi) is 4.38. The fourth-order valence-corrected chi connectivity index (χ4v) is 4.75. The Morgan fingerprint density at radius 1 is 0.800 bits per heavy atom. The lowest BCUT2D eigenvalue weighted by Crippen LogP contribution is -2.17. The maximum absolute atomic E-state index is 5.56. The van der Waals surface area contributed by atoms with Gasteiger partial charge in [-0.2, -0.15) is 0 Å². The summed E-state index contributed by atoms with van der Waals surface area (Å²) in [7, 11) is 1.18. The summed E-state index contributed by atoms with van der Waals surface area (Å²) in [5.41, 5.74) is 1.36. The molecule has 5 radical (unpaired) electrons. The van der Waals surface area contributed by atoms with Crippen LogP contribution in [0.2, 0.25) is 0 Å². The van der Waals surface area contributed by atoms with E-state index in [-0.39, 0.29) is 0 Å². The number of para-hydroxylation sites is 1.